The summed E-state index contributed by atoms with van der Waals surface area (Å²) in [6.45, 7) is 3.10. The lowest BCUT2D eigenvalue weighted by molar-refractivity contribution is -0.884. The summed E-state index contributed by atoms with van der Waals surface area (Å²) in [5, 5.41) is 4.99. The molecule has 0 radical (unpaired) electrons. The molecule has 0 aliphatic heterocycles. The number of nitrogens with one attached hydrogen (secondary N) is 2. The van der Waals surface area contributed by atoms with E-state index >= 15 is 0 Å². The molecule has 0 aliphatic rings. The number of hydrogen-bond donors (Lipinski definition) is 2. The molecule has 0 spiro atoms. The molecule has 3 nitrogen and oxygen atoms in total. The third kappa shape index (κ3) is 4.52. The SMILES string of the molecule is Cc1ccsc1C[NH+](C)CC(=O)Nc1cc(Cl)ccc1F. The molecule has 0 bridgehead atoms. The van der Waals surface area contributed by atoms with Crippen molar-refractivity contribution in [2.24, 2.45) is 0 Å². The van der Waals surface area contributed by atoms with Gasteiger partial charge in [-0.2, -0.15) is 0 Å². The van der Waals surface area contributed by atoms with Crippen molar-refractivity contribution in [1.29, 1.82) is 0 Å². The van der Waals surface area contributed by atoms with Crippen LogP contribution in [0, 0.1) is 12.7 Å². The average molecular weight is 328 g/mol. The highest BCUT2D eigenvalue weighted by atomic mass is 35.5. The zero-order valence-electron chi connectivity index (χ0n) is 11.9. The third-order valence-corrected chi connectivity index (χ3v) is 4.35. The summed E-state index contributed by atoms with van der Waals surface area (Å²) < 4.78 is 13.5. The molecule has 1 unspecified atom stereocenters. The smallest absolute Gasteiger partial charge is 0.279 e. The monoisotopic (exact) mass is 327 g/mol. The molecule has 6 heteroatoms. The van der Waals surface area contributed by atoms with Crippen LogP contribution in [0.2, 0.25) is 5.02 Å². The van der Waals surface area contributed by atoms with E-state index in [9.17, 15) is 9.18 Å². The highest BCUT2D eigenvalue weighted by molar-refractivity contribution is 7.10. The van der Waals surface area contributed by atoms with E-state index in [0.29, 0.717) is 5.02 Å². The number of hydrogen-bond acceptors (Lipinski definition) is 2. The summed E-state index contributed by atoms with van der Waals surface area (Å²) in [4.78, 5) is 14.3. The molecule has 0 saturated carbocycles. The lowest BCUT2D eigenvalue weighted by Gasteiger charge is -2.14. The molecule has 1 amide bonds. The van der Waals surface area contributed by atoms with Crippen LogP contribution in [0.4, 0.5) is 10.1 Å². The number of thiophene rings is 1. The minimum atomic E-state index is -0.487. The molecule has 0 aliphatic carbocycles. The van der Waals surface area contributed by atoms with Crippen molar-refractivity contribution >= 4 is 34.5 Å². The molecule has 1 heterocycles. The predicted molar refractivity (Wildman–Crippen MR) is 84.6 cm³/mol. The Morgan fingerprint density at radius 2 is 2.19 bits per heavy atom. The van der Waals surface area contributed by atoms with Crippen LogP contribution >= 0.6 is 22.9 Å². The maximum absolute atomic E-state index is 13.5. The highest BCUT2D eigenvalue weighted by Crippen LogP contribution is 2.19. The second kappa shape index (κ2) is 7.02. The zero-order valence-corrected chi connectivity index (χ0v) is 13.4. The van der Waals surface area contributed by atoms with Gasteiger partial charge in [0.15, 0.2) is 6.54 Å². The molecular weight excluding hydrogens is 311 g/mol. The Bertz CT molecular complexity index is 644. The molecule has 1 aromatic carbocycles. The lowest BCUT2D eigenvalue weighted by Crippen LogP contribution is -3.08. The Balaban J connectivity index is 1.92. The van der Waals surface area contributed by atoms with E-state index in [1.807, 2.05) is 12.4 Å². The summed E-state index contributed by atoms with van der Waals surface area (Å²) in [5.74, 6) is -0.720. The summed E-state index contributed by atoms with van der Waals surface area (Å²) in [6.07, 6.45) is 0. The second-order valence-corrected chi connectivity index (χ2v) is 6.45. The van der Waals surface area contributed by atoms with E-state index in [-0.39, 0.29) is 18.1 Å². The minimum Gasteiger partial charge on any atom is -0.325 e. The van der Waals surface area contributed by atoms with Crippen molar-refractivity contribution in [1.82, 2.24) is 0 Å². The van der Waals surface area contributed by atoms with Crippen LogP contribution in [0.5, 0.6) is 0 Å². The number of carbonyl (C=O) groups is 1. The van der Waals surface area contributed by atoms with Crippen molar-refractivity contribution in [3.63, 3.8) is 0 Å². The molecule has 1 aromatic heterocycles. The van der Waals surface area contributed by atoms with E-state index in [1.165, 1.54) is 28.6 Å². The van der Waals surface area contributed by atoms with E-state index in [1.54, 1.807) is 11.3 Å². The van der Waals surface area contributed by atoms with Crippen molar-refractivity contribution in [2.75, 3.05) is 18.9 Å². The maximum Gasteiger partial charge on any atom is 0.279 e. The van der Waals surface area contributed by atoms with Gasteiger partial charge in [0.1, 0.15) is 12.4 Å². The van der Waals surface area contributed by atoms with Crippen molar-refractivity contribution in [2.45, 2.75) is 13.5 Å². The van der Waals surface area contributed by atoms with Crippen LogP contribution < -0.4 is 10.2 Å². The van der Waals surface area contributed by atoms with Gasteiger partial charge in [0, 0.05) is 5.02 Å². The van der Waals surface area contributed by atoms with Crippen LogP contribution in [0.3, 0.4) is 0 Å². The minimum absolute atomic E-state index is 0.118. The number of halogens is 2. The van der Waals surface area contributed by atoms with Gasteiger partial charge in [-0.3, -0.25) is 4.79 Å². The third-order valence-electron chi connectivity index (χ3n) is 3.10. The summed E-state index contributed by atoms with van der Waals surface area (Å²) in [5.41, 5.74) is 1.35. The first kappa shape index (κ1) is 15.9. The van der Waals surface area contributed by atoms with Crippen molar-refractivity contribution in [3.8, 4) is 0 Å². The summed E-state index contributed by atoms with van der Waals surface area (Å²) in [7, 11) is 1.94. The molecule has 0 fully saturated rings. The number of anilines is 1. The molecule has 2 N–H and O–H groups in total. The van der Waals surface area contributed by atoms with E-state index < -0.39 is 5.82 Å². The fraction of sp³-hybridized carbons (Fsp3) is 0.267. The van der Waals surface area contributed by atoms with E-state index in [0.717, 1.165) is 11.4 Å². The number of aryl methyl sites for hydroxylation is 1. The fourth-order valence-electron chi connectivity index (χ4n) is 1.98. The van der Waals surface area contributed by atoms with Gasteiger partial charge in [0.2, 0.25) is 0 Å². The van der Waals surface area contributed by atoms with Gasteiger partial charge in [0.25, 0.3) is 5.91 Å². The van der Waals surface area contributed by atoms with Gasteiger partial charge in [0.05, 0.1) is 17.6 Å². The number of amides is 1. The van der Waals surface area contributed by atoms with Crippen molar-refractivity contribution in [3.05, 3.63) is 50.9 Å². The van der Waals surface area contributed by atoms with Gasteiger partial charge >= 0.3 is 0 Å². The summed E-state index contributed by atoms with van der Waals surface area (Å²) in [6, 6.07) is 6.16. The molecule has 2 aromatic rings. The standard InChI is InChI=1S/C15H16ClFN2OS/c1-10-5-6-21-14(10)8-19(2)9-15(20)18-13-7-11(16)3-4-12(13)17/h3-7H,8-9H2,1-2H3,(H,18,20)/p+1. The summed E-state index contributed by atoms with van der Waals surface area (Å²) >= 11 is 7.48. The molecule has 112 valence electrons. The van der Waals surface area contributed by atoms with Crippen LogP contribution in [0.15, 0.2) is 29.6 Å². The second-order valence-electron chi connectivity index (χ2n) is 5.01. The van der Waals surface area contributed by atoms with Gasteiger partial charge in [-0.25, -0.2) is 4.39 Å². The van der Waals surface area contributed by atoms with Gasteiger partial charge < -0.3 is 10.2 Å². The molecule has 1 atom stereocenters. The number of benzene rings is 1. The molecular formula is C15H17ClFN2OS+. The first-order valence-corrected chi connectivity index (χ1v) is 7.80. The Labute approximate surface area is 132 Å². The van der Waals surface area contributed by atoms with Crippen LogP contribution in [-0.2, 0) is 11.3 Å². The van der Waals surface area contributed by atoms with Crippen LogP contribution in [0.25, 0.3) is 0 Å². The maximum atomic E-state index is 13.5. The Kier molecular flexibility index (Phi) is 5.33. The quantitative estimate of drug-likeness (QED) is 0.869. The van der Waals surface area contributed by atoms with Crippen LogP contribution in [-0.4, -0.2) is 19.5 Å². The molecule has 21 heavy (non-hydrogen) atoms. The first-order chi connectivity index (χ1) is 9.95. The Morgan fingerprint density at radius 1 is 1.43 bits per heavy atom. The number of rotatable bonds is 5. The Hall–Kier alpha value is -1.43. The number of quaternary nitrogens is 1. The molecule has 2 rings (SSSR count). The Morgan fingerprint density at radius 3 is 2.86 bits per heavy atom. The van der Waals surface area contributed by atoms with Crippen molar-refractivity contribution < 1.29 is 14.1 Å². The number of carbonyl (C=O) groups excluding carboxylic acids is 1. The lowest BCUT2D eigenvalue weighted by atomic mass is 10.3. The van der Waals surface area contributed by atoms with Crippen LogP contribution in [0.1, 0.15) is 10.4 Å². The average Bonchev–Trinajstić information content (AvgIpc) is 2.79. The first-order valence-electron chi connectivity index (χ1n) is 6.55. The topological polar surface area (TPSA) is 33.5 Å². The zero-order chi connectivity index (χ0) is 15.4. The molecule has 0 saturated heterocycles. The predicted octanol–water partition coefficient (Wildman–Crippen LogP) is 2.50. The van der Waals surface area contributed by atoms with E-state index in [4.69, 9.17) is 11.6 Å². The normalized spacial score (nSPS) is 12.2. The largest absolute Gasteiger partial charge is 0.325 e. The van der Waals surface area contributed by atoms with Gasteiger partial charge in [-0.1, -0.05) is 11.6 Å². The van der Waals surface area contributed by atoms with E-state index in [2.05, 4.69) is 18.3 Å². The van der Waals surface area contributed by atoms with Gasteiger partial charge in [-0.05, 0) is 42.1 Å². The number of likely N-dealkylation sites (N-methyl/N-ethyl adjacent to an activating group) is 1. The fourth-order valence-corrected chi connectivity index (χ4v) is 3.18. The van der Waals surface area contributed by atoms with Gasteiger partial charge in [-0.15, -0.1) is 11.3 Å². The highest BCUT2D eigenvalue weighted by Gasteiger charge is 2.14.